The van der Waals surface area contributed by atoms with Gasteiger partial charge in [-0.2, -0.15) is 0 Å². The number of carbonyl (C=O) groups excluding carboxylic acids is 1. The van der Waals surface area contributed by atoms with Crippen LogP contribution in [0.3, 0.4) is 0 Å². The zero-order valence-electron chi connectivity index (χ0n) is 12.5. The van der Waals surface area contributed by atoms with Gasteiger partial charge in [-0.3, -0.25) is 4.79 Å². The highest BCUT2D eigenvalue weighted by Crippen LogP contribution is 2.20. The number of aryl methyl sites for hydroxylation is 1. The minimum absolute atomic E-state index is 0.0712. The molecule has 0 saturated carbocycles. The number of ether oxygens (including phenoxy) is 1. The van der Waals surface area contributed by atoms with Crippen LogP contribution in [0.1, 0.15) is 27.9 Å². The van der Waals surface area contributed by atoms with Crippen molar-refractivity contribution in [2.24, 2.45) is 5.14 Å². The molecule has 1 aromatic carbocycles. The van der Waals surface area contributed by atoms with Gasteiger partial charge in [-0.25, -0.2) is 13.6 Å². The van der Waals surface area contributed by atoms with E-state index in [1.807, 2.05) is 0 Å². The molecule has 7 nitrogen and oxygen atoms in total. The minimum atomic E-state index is -3.91. The molecule has 1 heterocycles. The van der Waals surface area contributed by atoms with Gasteiger partial charge in [-0.05, 0) is 43.5 Å². The maximum atomic E-state index is 12.3. The molecule has 0 unspecified atom stereocenters. The van der Waals surface area contributed by atoms with E-state index in [0.717, 1.165) is 0 Å². The van der Waals surface area contributed by atoms with Crippen molar-refractivity contribution in [1.82, 2.24) is 5.32 Å². The van der Waals surface area contributed by atoms with Crippen LogP contribution in [0, 0.1) is 13.8 Å². The van der Waals surface area contributed by atoms with Gasteiger partial charge in [0.2, 0.25) is 10.0 Å². The van der Waals surface area contributed by atoms with Crippen molar-refractivity contribution in [2.75, 3.05) is 13.2 Å². The molecule has 8 heteroatoms. The van der Waals surface area contributed by atoms with Gasteiger partial charge in [0.05, 0.1) is 23.6 Å². The van der Waals surface area contributed by atoms with Crippen LogP contribution in [0.2, 0.25) is 0 Å². The first-order valence-corrected chi connectivity index (χ1v) is 8.45. The fourth-order valence-electron chi connectivity index (χ4n) is 2.37. The predicted molar refractivity (Wildman–Crippen MR) is 80.0 cm³/mol. The van der Waals surface area contributed by atoms with Gasteiger partial charge >= 0.3 is 0 Å². The Balaban J connectivity index is 2.28. The molecule has 2 atom stereocenters. The Labute approximate surface area is 129 Å². The molecule has 1 fully saturated rings. The van der Waals surface area contributed by atoms with Gasteiger partial charge in [0.1, 0.15) is 0 Å². The molecule has 1 saturated heterocycles. The van der Waals surface area contributed by atoms with E-state index in [2.05, 4.69) is 5.32 Å². The summed E-state index contributed by atoms with van der Waals surface area (Å²) in [4.78, 5) is 12.2. The smallest absolute Gasteiger partial charge is 0.251 e. The van der Waals surface area contributed by atoms with Gasteiger partial charge in [0.25, 0.3) is 5.91 Å². The molecule has 0 bridgehead atoms. The van der Waals surface area contributed by atoms with Gasteiger partial charge in [0, 0.05) is 12.2 Å². The number of aliphatic hydroxyl groups is 1. The van der Waals surface area contributed by atoms with Gasteiger partial charge < -0.3 is 15.2 Å². The van der Waals surface area contributed by atoms with Crippen molar-refractivity contribution in [1.29, 1.82) is 0 Å². The average molecular weight is 328 g/mol. The molecule has 0 spiro atoms. The quantitative estimate of drug-likeness (QED) is 0.712. The van der Waals surface area contributed by atoms with Gasteiger partial charge in [-0.1, -0.05) is 0 Å². The molecule has 1 aromatic rings. The normalized spacial score (nSPS) is 22.4. The maximum absolute atomic E-state index is 12.3. The number of aliphatic hydroxyl groups excluding tert-OH is 1. The highest BCUT2D eigenvalue weighted by molar-refractivity contribution is 7.89. The van der Waals surface area contributed by atoms with Crippen molar-refractivity contribution < 1.29 is 23.1 Å². The summed E-state index contributed by atoms with van der Waals surface area (Å²) in [6, 6.07) is 2.33. The molecule has 122 valence electrons. The number of primary sulfonamides is 1. The fraction of sp³-hybridized carbons (Fsp3) is 0.500. The number of hydrogen-bond acceptors (Lipinski definition) is 5. The van der Waals surface area contributed by atoms with Gasteiger partial charge in [0.15, 0.2) is 0 Å². The van der Waals surface area contributed by atoms with Crippen LogP contribution >= 0.6 is 0 Å². The molecule has 1 aliphatic heterocycles. The lowest BCUT2D eigenvalue weighted by molar-refractivity contribution is -0.0140. The second-order valence-electron chi connectivity index (χ2n) is 5.47. The largest absolute Gasteiger partial charge is 0.391 e. The molecule has 0 radical (unpaired) electrons. The Hall–Kier alpha value is -1.48. The SMILES string of the molecule is Cc1cc(C(=O)N[C@@H]2COCC[C@H]2O)cc(S(N)(=O)=O)c1C. The van der Waals surface area contributed by atoms with Crippen LogP contribution in [0.4, 0.5) is 0 Å². The third-order valence-electron chi connectivity index (χ3n) is 3.82. The van der Waals surface area contributed by atoms with E-state index < -0.39 is 28.1 Å². The lowest BCUT2D eigenvalue weighted by atomic mass is 10.0. The van der Waals surface area contributed by atoms with E-state index in [1.54, 1.807) is 19.9 Å². The first kappa shape index (κ1) is 16.9. The van der Waals surface area contributed by atoms with Crippen LogP contribution in [0.15, 0.2) is 17.0 Å². The molecule has 22 heavy (non-hydrogen) atoms. The predicted octanol–water partition coefficient (Wildman–Crippen LogP) is -0.170. The van der Waals surface area contributed by atoms with E-state index in [0.29, 0.717) is 24.2 Å². The van der Waals surface area contributed by atoms with Crippen molar-refractivity contribution in [3.63, 3.8) is 0 Å². The van der Waals surface area contributed by atoms with E-state index in [-0.39, 0.29) is 17.1 Å². The summed E-state index contributed by atoms with van der Waals surface area (Å²) in [5.74, 6) is -0.470. The van der Waals surface area contributed by atoms with E-state index in [1.165, 1.54) is 6.07 Å². The minimum Gasteiger partial charge on any atom is -0.391 e. The molecule has 0 aliphatic carbocycles. The second kappa shape index (κ2) is 6.33. The summed E-state index contributed by atoms with van der Waals surface area (Å²) in [5, 5.41) is 17.7. The van der Waals surface area contributed by atoms with Crippen LogP contribution in [0.5, 0.6) is 0 Å². The highest BCUT2D eigenvalue weighted by atomic mass is 32.2. The van der Waals surface area contributed by atoms with E-state index in [9.17, 15) is 18.3 Å². The Morgan fingerprint density at radius 2 is 2.09 bits per heavy atom. The summed E-state index contributed by atoms with van der Waals surface area (Å²) < 4.78 is 28.4. The average Bonchev–Trinajstić information content (AvgIpc) is 2.42. The third-order valence-corrected chi connectivity index (χ3v) is 4.86. The summed E-state index contributed by atoms with van der Waals surface area (Å²) >= 11 is 0. The first-order valence-electron chi connectivity index (χ1n) is 6.91. The van der Waals surface area contributed by atoms with Gasteiger partial charge in [-0.15, -0.1) is 0 Å². The van der Waals surface area contributed by atoms with Crippen molar-refractivity contribution in [2.45, 2.75) is 37.3 Å². The summed E-state index contributed by atoms with van der Waals surface area (Å²) in [6.07, 6.45) is -0.234. The number of nitrogens with two attached hydrogens (primary N) is 1. The van der Waals surface area contributed by atoms with Crippen LogP contribution < -0.4 is 10.5 Å². The Bertz CT molecular complexity index is 687. The third kappa shape index (κ3) is 3.64. The number of carbonyl (C=O) groups is 1. The number of benzene rings is 1. The number of nitrogens with one attached hydrogen (secondary N) is 1. The van der Waals surface area contributed by atoms with Crippen molar-refractivity contribution in [3.8, 4) is 0 Å². The topological polar surface area (TPSA) is 119 Å². The summed E-state index contributed by atoms with van der Waals surface area (Å²) in [6.45, 7) is 4.02. The summed E-state index contributed by atoms with van der Waals surface area (Å²) in [7, 11) is -3.91. The van der Waals surface area contributed by atoms with Crippen LogP contribution in [-0.2, 0) is 14.8 Å². The zero-order chi connectivity index (χ0) is 16.5. The van der Waals surface area contributed by atoms with Crippen molar-refractivity contribution >= 4 is 15.9 Å². The highest BCUT2D eigenvalue weighted by Gasteiger charge is 2.26. The molecular formula is C14H20N2O5S. The zero-order valence-corrected chi connectivity index (χ0v) is 13.3. The Kier molecular flexibility index (Phi) is 4.86. The van der Waals surface area contributed by atoms with Crippen LogP contribution in [-0.4, -0.2) is 44.8 Å². The number of amides is 1. The fourth-order valence-corrected chi connectivity index (χ4v) is 3.25. The second-order valence-corrected chi connectivity index (χ2v) is 7.00. The standard InChI is InChI=1S/C14H20N2O5S/c1-8-5-10(6-13(9(8)2)22(15,19)20)14(18)16-11-7-21-4-3-12(11)17/h5-6,11-12,17H,3-4,7H2,1-2H3,(H,16,18)(H2,15,19,20)/t11-,12-/m1/s1. The van der Waals surface area contributed by atoms with E-state index in [4.69, 9.17) is 9.88 Å². The van der Waals surface area contributed by atoms with Crippen molar-refractivity contribution in [3.05, 3.63) is 28.8 Å². The molecule has 1 amide bonds. The lowest BCUT2D eigenvalue weighted by Crippen LogP contribution is -2.49. The first-order chi connectivity index (χ1) is 10.2. The Morgan fingerprint density at radius 3 is 2.68 bits per heavy atom. The molecule has 0 aromatic heterocycles. The number of rotatable bonds is 3. The monoisotopic (exact) mass is 328 g/mol. The number of sulfonamides is 1. The number of hydrogen-bond donors (Lipinski definition) is 3. The van der Waals surface area contributed by atoms with E-state index >= 15 is 0 Å². The molecular weight excluding hydrogens is 308 g/mol. The molecule has 4 N–H and O–H groups in total. The summed E-state index contributed by atoms with van der Waals surface area (Å²) in [5.41, 5.74) is 1.35. The molecule has 1 aliphatic rings. The lowest BCUT2D eigenvalue weighted by Gasteiger charge is -2.28. The van der Waals surface area contributed by atoms with Crippen LogP contribution in [0.25, 0.3) is 0 Å². The Morgan fingerprint density at radius 1 is 1.41 bits per heavy atom. The maximum Gasteiger partial charge on any atom is 0.251 e. The molecule has 2 rings (SSSR count).